The molecule has 94 valence electrons. The van der Waals surface area contributed by atoms with Crippen molar-refractivity contribution < 1.29 is 0 Å². The average molecular weight is 245 g/mol. The van der Waals surface area contributed by atoms with Crippen molar-refractivity contribution in [2.24, 2.45) is 10.8 Å². The number of hydrazine groups is 1. The van der Waals surface area contributed by atoms with Gasteiger partial charge in [-0.25, -0.2) is 15.8 Å². The van der Waals surface area contributed by atoms with Gasteiger partial charge in [-0.1, -0.05) is 18.2 Å². The van der Waals surface area contributed by atoms with Gasteiger partial charge in [-0.3, -0.25) is 10.5 Å². The number of hydrogen-bond donors (Lipinski definition) is 4. The van der Waals surface area contributed by atoms with Crippen molar-refractivity contribution in [2.75, 3.05) is 5.32 Å². The van der Waals surface area contributed by atoms with Gasteiger partial charge in [0.2, 0.25) is 5.96 Å². The van der Waals surface area contributed by atoms with E-state index in [1.165, 1.54) is 6.33 Å². The number of rotatable bonds is 3. The van der Waals surface area contributed by atoms with Gasteiger partial charge in [0.1, 0.15) is 18.2 Å². The average Bonchev–Trinajstić information content (AvgIpc) is 2.93. The summed E-state index contributed by atoms with van der Waals surface area (Å²) in [6, 6.07) is 9.47. The molecule has 0 spiro atoms. The monoisotopic (exact) mass is 245 g/mol. The van der Waals surface area contributed by atoms with E-state index in [9.17, 15) is 0 Å². The van der Waals surface area contributed by atoms with Crippen LogP contribution in [0.1, 0.15) is 18.8 Å². The number of guanidine groups is 1. The van der Waals surface area contributed by atoms with Gasteiger partial charge in [-0.15, -0.1) is 0 Å². The fourth-order valence-corrected chi connectivity index (χ4v) is 1.43. The van der Waals surface area contributed by atoms with Crippen LogP contribution in [0.3, 0.4) is 0 Å². The van der Waals surface area contributed by atoms with Crippen molar-refractivity contribution in [2.45, 2.75) is 13.0 Å². The van der Waals surface area contributed by atoms with Crippen molar-refractivity contribution in [3.8, 4) is 0 Å². The van der Waals surface area contributed by atoms with E-state index in [0.29, 0.717) is 11.8 Å². The van der Waals surface area contributed by atoms with E-state index in [1.54, 1.807) is 0 Å². The smallest absolute Gasteiger partial charge is 0.210 e. The number of nitrogens with zero attached hydrogens (tertiary/aromatic N) is 3. The summed E-state index contributed by atoms with van der Waals surface area (Å²) in [7, 11) is 0. The molecule has 0 radical (unpaired) electrons. The topological polar surface area (TPSA) is 104 Å². The Morgan fingerprint density at radius 3 is 2.78 bits per heavy atom. The Labute approximate surface area is 105 Å². The molecule has 0 fully saturated rings. The molecule has 0 aliphatic heterocycles. The standard InChI is InChI=1S/C11H15N7/c1-8(10-13-7-14-18-10)15-11(17-12)16-9-5-3-2-4-6-9/h2-8H,12H2,1H3,(H,13,14,18)(H2,15,16,17). The van der Waals surface area contributed by atoms with Crippen LogP contribution in [0.15, 0.2) is 41.7 Å². The Kier molecular flexibility index (Phi) is 3.87. The van der Waals surface area contributed by atoms with Crippen molar-refractivity contribution in [1.29, 1.82) is 0 Å². The first-order valence-electron chi connectivity index (χ1n) is 5.51. The second-order valence-electron chi connectivity index (χ2n) is 3.66. The number of aliphatic imine (C=N–C) groups is 1. The van der Waals surface area contributed by atoms with Crippen LogP contribution >= 0.6 is 0 Å². The van der Waals surface area contributed by atoms with Crippen molar-refractivity contribution in [3.63, 3.8) is 0 Å². The van der Waals surface area contributed by atoms with E-state index in [4.69, 9.17) is 5.84 Å². The lowest BCUT2D eigenvalue weighted by Crippen LogP contribution is -2.36. The lowest BCUT2D eigenvalue weighted by Gasteiger charge is -2.11. The number of aromatic amines is 1. The summed E-state index contributed by atoms with van der Waals surface area (Å²) < 4.78 is 0. The number of benzene rings is 1. The lowest BCUT2D eigenvalue weighted by molar-refractivity contribution is 0.739. The highest BCUT2D eigenvalue weighted by Gasteiger charge is 2.08. The van der Waals surface area contributed by atoms with Crippen molar-refractivity contribution in [3.05, 3.63) is 42.5 Å². The van der Waals surface area contributed by atoms with Gasteiger partial charge in [0.25, 0.3) is 0 Å². The quantitative estimate of drug-likeness (QED) is 0.277. The lowest BCUT2D eigenvalue weighted by atomic mass is 10.3. The van der Waals surface area contributed by atoms with Crippen LogP contribution in [0.5, 0.6) is 0 Å². The Balaban J connectivity index is 2.09. The molecule has 1 aromatic heterocycles. The maximum Gasteiger partial charge on any atom is 0.210 e. The van der Waals surface area contributed by atoms with Crippen LogP contribution in [0.25, 0.3) is 0 Å². The van der Waals surface area contributed by atoms with E-state index in [0.717, 1.165) is 5.69 Å². The number of anilines is 1. The predicted molar refractivity (Wildman–Crippen MR) is 69.6 cm³/mol. The van der Waals surface area contributed by atoms with Crippen LogP contribution in [0.2, 0.25) is 0 Å². The first-order chi connectivity index (χ1) is 8.79. The van der Waals surface area contributed by atoms with Gasteiger partial charge in [-0.05, 0) is 19.1 Å². The Morgan fingerprint density at radius 2 is 2.17 bits per heavy atom. The number of H-pyrrole nitrogens is 1. The van der Waals surface area contributed by atoms with Crippen LogP contribution in [-0.4, -0.2) is 21.1 Å². The Bertz CT molecular complexity index is 491. The maximum absolute atomic E-state index is 5.43. The molecule has 0 saturated heterocycles. The minimum atomic E-state index is -0.172. The summed E-state index contributed by atoms with van der Waals surface area (Å²) in [5.41, 5.74) is 3.42. The predicted octanol–water partition coefficient (Wildman–Crippen LogP) is 0.797. The number of hydrogen-bond acceptors (Lipinski definition) is 4. The molecule has 0 saturated carbocycles. The van der Waals surface area contributed by atoms with E-state index >= 15 is 0 Å². The highest BCUT2D eigenvalue weighted by molar-refractivity contribution is 5.93. The molecular formula is C11H15N7. The van der Waals surface area contributed by atoms with Gasteiger partial charge < -0.3 is 5.32 Å². The maximum atomic E-state index is 5.43. The highest BCUT2D eigenvalue weighted by Crippen LogP contribution is 2.11. The molecule has 0 aliphatic rings. The second kappa shape index (κ2) is 5.78. The number of para-hydroxylation sites is 1. The molecule has 0 aliphatic carbocycles. The van der Waals surface area contributed by atoms with Crippen molar-refractivity contribution in [1.82, 2.24) is 20.6 Å². The molecule has 0 amide bonds. The normalized spacial score (nSPS) is 13.1. The fraction of sp³-hybridized carbons (Fsp3) is 0.182. The molecule has 18 heavy (non-hydrogen) atoms. The number of nitrogens with one attached hydrogen (secondary N) is 3. The van der Waals surface area contributed by atoms with Gasteiger partial charge in [0, 0.05) is 5.69 Å². The number of aromatic nitrogens is 3. The minimum absolute atomic E-state index is 0.172. The third-order valence-corrected chi connectivity index (χ3v) is 2.33. The number of nitrogens with two attached hydrogens (primary N) is 1. The Hall–Kier alpha value is -2.41. The summed E-state index contributed by atoms with van der Waals surface area (Å²) in [6.07, 6.45) is 1.45. The third kappa shape index (κ3) is 3.05. The first kappa shape index (κ1) is 12.1. The molecule has 1 aromatic carbocycles. The van der Waals surface area contributed by atoms with E-state index in [-0.39, 0.29) is 6.04 Å². The van der Waals surface area contributed by atoms with Gasteiger partial charge >= 0.3 is 0 Å². The van der Waals surface area contributed by atoms with Crippen molar-refractivity contribution >= 4 is 11.6 Å². The fourth-order valence-electron chi connectivity index (χ4n) is 1.43. The van der Waals surface area contributed by atoms with Gasteiger partial charge in [0.15, 0.2) is 0 Å². The first-order valence-corrected chi connectivity index (χ1v) is 5.51. The summed E-state index contributed by atoms with van der Waals surface area (Å²) in [6.45, 7) is 1.89. The van der Waals surface area contributed by atoms with Crippen LogP contribution in [-0.2, 0) is 0 Å². The molecule has 1 unspecified atom stereocenters. The van der Waals surface area contributed by atoms with E-state index < -0.39 is 0 Å². The van der Waals surface area contributed by atoms with Gasteiger partial charge in [-0.2, -0.15) is 5.10 Å². The van der Waals surface area contributed by atoms with E-state index in [1.807, 2.05) is 37.3 Å². The van der Waals surface area contributed by atoms with E-state index in [2.05, 4.69) is 30.9 Å². The molecule has 5 N–H and O–H groups in total. The third-order valence-electron chi connectivity index (χ3n) is 2.33. The molecule has 1 heterocycles. The molecular weight excluding hydrogens is 230 g/mol. The molecule has 1 atom stereocenters. The summed E-state index contributed by atoms with van der Waals surface area (Å²) >= 11 is 0. The van der Waals surface area contributed by atoms with Crippen LogP contribution in [0.4, 0.5) is 5.69 Å². The zero-order valence-corrected chi connectivity index (χ0v) is 9.96. The zero-order chi connectivity index (χ0) is 12.8. The highest BCUT2D eigenvalue weighted by atomic mass is 15.3. The SMILES string of the molecule is CC(N=C(NN)Nc1ccccc1)c1ncn[nH]1. The molecule has 7 nitrogen and oxygen atoms in total. The summed E-state index contributed by atoms with van der Waals surface area (Å²) in [4.78, 5) is 8.41. The second-order valence-corrected chi connectivity index (χ2v) is 3.66. The largest absolute Gasteiger partial charge is 0.325 e. The molecule has 0 bridgehead atoms. The van der Waals surface area contributed by atoms with Crippen LogP contribution in [0, 0.1) is 0 Å². The minimum Gasteiger partial charge on any atom is -0.325 e. The Morgan fingerprint density at radius 1 is 1.39 bits per heavy atom. The molecule has 7 heteroatoms. The molecule has 2 aromatic rings. The summed E-state index contributed by atoms with van der Waals surface area (Å²) in [5.74, 6) is 6.57. The van der Waals surface area contributed by atoms with Crippen LogP contribution < -0.4 is 16.6 Å². The summed E-state index contributed by atoms with van der Waals surface area (Å²) in [5, 5.41) is 9.62. The zero-order valence-electron chi connectivity index (χ0n) is 9.96. The molecule has 2 rings (SSSR count). The van der Waals surface area contributed by atoms with Gasteiger partial charge in [0.05, 0.1) is 0 Å².